The van der Waals surface area contributed by atoms with Gasteiger partial charge in [0.05, 0.1) is 42.3 Å². The van der Waals surface area contributed by atoms with Crippen molar-refractivity contribution in [2.75, 3.05) is 19.1 Å². The zero-order valence-corrected chi connectivity index (χ0v) is 18.2. The van der Waals surface area contributed by atoms with Crippen LogP contribution in [-0.4, -0.2) is 25.1 Å². The SMILES string of the molecule is COc1ccc(C(=O)N(Cc2ccco2)c2nc3c(C)ccc(Cl)c3s2)cc1OC. The van der Waals surface area contributed by atoms with Crippen LogP contribution in [0.2, 0.25) is 5.02 Å². The topological polar surface area (TPSA) is 64.8 Å². The molecule has 4 aromatic rings. The monoisotopic (exact) mass is 442 g/mol. The largest absolute Gasteiger partial charge is 0.493 e. The fourth-order valence-corrected chi connectivity index (χ4v) is 4.43. The van der Waals surface area contributed by atoms with Crippen molar-refractivity contribution in [2.45, 2.75) is 13.5 Å². The number of rotatable bonds is 6. The number of methoxy groups -OCH3 is 2. The van der Waals surface area contributed by atoms with Gasteiger partial charge in [-0.05, 0) is 48.9 Å². The molecule has 6 nitrogen and oxygen atoms in total. The number of benzene rings is 2. The third-order valence-electron chi connectivity index (χ3n) is 4.69. The Bertz CT molecular complexity index is 1160. The van der Waals surface area contributed by atoms with Gasteiger partial charge in [0.1, 0.15) is 5.76 Å². The van der Waals surface area contributed by atoms with Crippen LogP contribution in [0.25, 0.3) is 10.2 Å². The van der Waals surface area contributed by atoms with Crippen LogP contribution in [0.5, 0.6) is 11.5 Å². The van der Waals surface area contributed by atoms with Crippen molar-refractivity contribution >= 4 is 44.2 Å². The van der Waals surface area contributed by atoms with Crippen LogP contribution in [0.3, 0.4) is 0 Å². The Morgan fingerprint density at radius 3 is 2.63 bits per heavy atom. The molecule has 1 amide bonds. The maximum absolute atomic E-state index is 13.5. The summed E-state index contributed by atoms with van der Waals surface area (Å²) in [5.74, 6) is 1.43. The minimum Gasteiger partial charge on any atom is -0.493 e. The van der Waals surface area contributed by atoms with E-state index in [0.29, 0.717) is 33.0 Å². The van der Waals surface area contributed by atoms with Crippen molar-refractivity contribution in [3.63, 3.8) is 0 Å². The Morgan fingerprint density at radius 2 is 1.97 bits per heavy atom. The van der Waals surface area contributed by atoms with Gasteiger partial charge in [0.15, 0.2) is 16.6 Å². The molecule has 30 heavy (non-hydrogen) atoms. The lowest BCUT2D eigenvalue weighted by atomic mass is 10.1. The van der Waals surface area contributed by atoms with Gasteiger partial charge in [0.2, 0.25) is 0 Å². The second kappa shape index (κ2) is 8.38. The van der Waals surface area contributed by atoms with Gasteiger partial charge in [0, 0.05) is 5.56 Å². The Hall–Kier alpha value is -3.03. The van der Waals surface area contributed by atoms with E-state index in [2.05, 4.69) is 0 Å². The van der Waals surface area contributed by atoms with Crippen molar-refractivity contribution < 1.29 is 18.7 Å². The van der Waals surface area contributed by atoms with E-state index in [1.54, 1.807) is 42.5 Å². The highest BCUT2D eigenvalue weighted by Gasteiger charge is 2.24. The number of ether oxygens (including phenoxy) is 2. The molecule has 0 aliphatic heterocycles. The van der Waals surface area contributed by atoms with Crippen LogP contribution in [0.4, 0.5) is 5.13 Å². The maximum atomic E-state index is 13.5. The van der Waals surface area contributed by atoms with E-state index in [1.807, 2.05) is 25.1 Å². The summed E-state index contributed by atoms with van der Waals surface area (Å²) in [4.78, 5) is 19.8. The van der Waals surface area contributed by atoms with Gasteiger partial charge in [-0.15, -0.1) is 0 Å². The Morgan fingerprint density at radius 1 is 1.17 bits per heavy atom. The number of halogens is 1. The van der Waals surface area contributed by atoms with E-state index >= 15 is 0 Å². The first-order valence-electron chi connectivity index (χ1n) is 9.13. The minimum absolute atomic E-state index is 0.233. The number of carbonyl (C=O) groups is 1. The number of carbonyl (C=O) groups excluding carboxylic acids is 1. The molecular formula is C22H19ClN2O4S. The summed E-state index contributed by atoms with van der Waals surface area (Å²) in [5, 5.41) is 1.15. The Balaban J connectivity index is 1.80. The van der Waals surface area contributed by atoms with E-state index < -0.39 is 0 Å². The average molecular weight is 443 g/mol. The molecule has 2 heterocycles. The van der Waals surface area contributed by atoms with E-state index in [0.717, 1.165) is 15.8 Å². The number of aromatic nitrogens is 1. The van der Waals surface area contributed by atoms with Gasteiger partial charge in [-0.2, -0.15) is 0 Å². The minimum atomic E-state index is -0.236. The summed E-state index contributed by atoms with van der Waals surface area (Å²) in [6.45, 7) is 2.20. The Kier molecular flexibility index (Phi) is 5.65. The van der Waals surface area contributed by atoms with Crippen LogP contribution in [0.15, 0.2) is 53.1 Å². The lowest BCUT2D eigenvalue weighted by Gasteiger charge is -2.19. The molecule has 4 rings (SSSR count). The number of thiazole rings is 1. The number of furan rings is 1. The summed E-state index contributed by atoms with van der Waals surface area (Å²) in [5.41, 5.74) is 2.22. The number of hydrogen-bond donors (Lipinski definition) is 0. The summed E-state index contributed by atoms with van der Waals surface area (Å²) in [6.07, 6.45) is 1.58. The lowest BCUT2D eigenvalue weighted by molar-refractivity contribution is 0.0983. The normalized spacial score (nSPS) is 10.9. The van der Waals surface area contributed by atoms with Gasteiger partial charge >= 0.3 is 0 Å². The van der Waals surface area contributed by atoms with Crippen LogP contribution in [0, 0.1) is 6.92 Å². The van der Waals surface area contributed by atoms with Crippen LogP contribution >= 0.6 is 22.9 Å². The lowest BCUT2D eigenvalue weighted by Crippen LogP contribution is -2.30. The number of fused-ring (bicyclic) bond motifs is 1. The molecule has 0 saturated heterocycles. The molecule has 0 fully saturated rings. The van der Waals surface area contributed by atoms with E-state index in [1.165, 1.54) is 18.4 Å². The molecule has 0 atom stereocenters. The molecule has 2 aromatic carbocycles. The molecule has 0 N–H and O–H groups in total. The predicted molar refractivity (Wildman–Crippen MR) is 118 cm³/mol. The third kappa shape index (κ3) is 3.74. The second-order valence-corrected chi connectivity index (χ2v) is 7.96. The van der Waals surface area contributed by atoms with Gasteiger partial charge in [-0.1, -0.05) is 29.0 Å². The molecule has 154 valence electrons. The highest BCUT2D eigenvalue weighted by atomic mass is 35.5. The summed E-state index contributed by atoms with van der Waals surface area (Å²) < 4.78 is 17.0. The first-order chi connectivity index (χ1) is 14.5. The molecule has 0 aliphatic rings. The maximum Gasteiger partial charge on any atom is 0.260 e. The van der Waals surface area contributed by atoms with Crippen LogP contribution < -0.4 is 14.4 Å². The molecule has 0 aliphatic carbocycles. The van der Waals surface area contributed by atoms with Gasteiger partial charge in [-0.25, -0.2) is 4.98 Å². The van der Waals surface area contributed by atoms with Crippen molar-refractivity contribution in [1.82, 2.24) is 4.98 Å². The van der Waals surface area contributed by atoms with Crippen LogP contribution in [0.1, 0.15) is 21.7 Å². The van der Waals surface area contributed by atoms with E-state index in [9.17, 15) is 4.79 Å². The highest BCUT2D eigenvalue weighted by Crippen LogP contribution is 2.37. The number of hydrogen-bond acceptors (Lipinski definition) is 6. The van der Waals surface area contributed by atoms with Gasteiger partial charge < -0.3 is 13.9 Å². The molecule has 0 spiro atoms. The first kappa shape index (κ1) is 20.3. The van der Waals surface area contributed by atoms with Crippen molar-refractivity contribution in [1.29, 1.82) is 0 Å². The van der Waals surface area contributed by atoms with E-state index in [4.69, 9.17) is 30.5 Å². The highest BCUT2D eigenvalue weighted by molar-refractivity contribution is 7.23. The average Bonchev–Trinajstić information content (AvgIpc) is 3.44. The smallest absolute Gasteiger partial charge is 0.260 e. The zero-order valence-electron chi connectivity index (χ0n) is 16.6. The molecule has 8 heteroatoms. The number of amides is 1. The van der Waals surface area contributed by atoms with Crippen molar-refractivity contribution in [2.24, 2.45) is 0 Å². The van der Waals surface area contributed by atoms with Crippen molar-refractivity contribution in [3.05, 3.63) is 70.6 Å². The van der Waals surface area contributed by atoms with E-state index in [-0.39, 0.29) is 12.5 Å². The standard InChI is InChI=1S/C22H19ClN2O4S/c1-13-6-8-16(23)20-19(13)24-22(30-20)25(12-15-5-4-10-29-15)21(26)14-7-9-17(27-2)18(11-14)28-3/h4-11H,12H2,1-3H3. The molecule has 0 unspecified atom stereocenters. The summed E-state index contributed by atoms with van der Waals surface area (Å²) in [6, 6.07) is 12.4. The first-order valence-corrected chi connectivity index (χ1v) is 10.3. The third-order valence-corrected chi connectivity index (χ3v) is 6.23. The molecule has 0 saturated carbocycles. The van der Waals surface area contributed by atoms with Gasteiger partial charge in [-0.3, -0.25) is 9.69 Å². The fraction of sp³-hybridized carbons (Fsp3) is 0.182. The van der Waals surface area contributed by atoms with Crippen LogP contribution in [-0.2, 0) is 6.54 Å². The number of nitrogens with zero attached hydrogens (tertiary/aromatic N) is 2. The molecule has 0 radical (unpaired) electrons. The molecule has 2 aromatic heterocycles. The number of anilines is 1. The fourth-order valence-electron chi connectivity index (χ4n) is 3.12. The predicted octanol–water partition coefficient (Wildman–Crippen LogP) is 5.72. The van der Waals surface area contributed by atoms with Gasteiger partial charge in [0.25, 0.3) is 5.91 Å². The summed E-state index contributed by atoms with van der Waals surface area (Å²) in [7, 11) is 3.08. The quantitative estimate of drug-likeness (QED) is 0.382. The zero-order chi connectivity index (χ0) is 21.3. The Labute approximate surface area is 182 Å². The van der Waals surface area contributed by atoms with Crippen molar-refractivity contribution in [3.8, 4) is 11.5 Å². The molecule has 0 bridgehead atoms. The molecular weight excluding hydrogens is 424 g/mol. The second-order valence-electron chi connectivity index (χ2n) is 6.58. The summed E-state index contributed by atoms with van der Waals surface area (Å²) >= 11 is 7.75. The number of aryl methyl sites for hydroxylation is 1.